The fourth-order valence-corrected chi connectivity index (χ4v) is 5.11. The Bertz CT molecular complexity index is 1500. The molecule has 1 N–H and O–H groups in total. The first-order valence-electron chi connectivity index (χ1n) is 12.8. The first-order valence-corrected chi connectivity index (χ1v) is 12.8. The second kappa shape index (κ2) is 11.7. The highest BCUT2D eigenvalue weighted by atomic mass is 16.6. The maximum absolute atomic E-state index is 13.8. The van der Waals surface area contributed by atoms with Gasteiger partial charge in [0.2, 0.25) is 0 Å². The summed E-state index contributed by atoms with van der Waals surface area (Å²) in [4.78, 5) is 40.8. The van der Waals surface area contributed by atoms with Gasteiger partial charge in [-0.05, 0) is 23.3 Å². The van der Waals surface area contributed by atoms with Gasteiger partial charge >= 0.3 is 18.0 Å². The summed E-state index contributed by atoms with van der Waals surface area (Å²) >= 11 is 0. The minimum absolute atomic E-state index is 0.0116. The van der Waals surface area contributed by atoms with E-state index in [1.165, 1.54) is 11.7 Å². The Morgan fingerprint density at radius 2 is 1.48 bits per heavy atom. The Morgan fingerprint density at radius 3 is 2.10 bits per heavy atom. The SMILES string of the molecule is COC(=O)C1(C(=O)OCc2ccccc2)C[C@H](CO)O[C@@H]1c1cc2ccccc2n1C(=O)OCc1ccccc1. The van der Waals surface area contributed by atoms with E-state index in [4.69, 9.17) is 18.9 Å². The van der Waals surface area contributed by atoms with Crippen molar-refractivity contribution in [1.29, 1.82) is 0 Å². The van der Waals surface area contributed by atoms with Crippen molar-refractivity contribution in [3.8, 4) is 0 Å². The van der Waals surface area contributed by atoms with Crippen molar-refractivity contribution < 1.29 is 38.4 Å². The molecule has 0 aliphatic carbocycles. The smallest absolute Gasteiger partial charge is 0.419 e. The largest absolute Gasteiger partial charge is 0.468 e. The predicted octanol–water partition coefficient (Wildman–Crippen LogP) is 4.55. The van der Waals surface area contributed by atoms with Crippen LogP contribution in [0.3, 0.4) is 0 Å². The van der Waals surface area contributed by atoms with E-state index in [9.17, 15) is 19.5 Å². The normalized spacial score (nSPS) is 20.2. The molecule has 2 heterocycles. The van der Waals surface area contributed by atoms with E-state index >= 15 is 0 Å². The van der Waals surface area contributed by atoms with Crippen molar-refractivity contribution in [2.75, 3.05) is 13.7 Å². The quantitative estimate of drug-likeness (QED) is 0.196. The lowest BCUT2D eigenvalue weighted by atomic mass is 9.78. The molecule has 1 fully saturated rings. The Morgan fingerprint density at radius 1 is 0.875 bits per heavy atom. The third kappa shape index (κ3) is 5.09. The number of aliphatic hydroxyl groups excluding tert-OH is 1. The van der Waals surface area contributed by atoms with Crippen LogP contribution >= 0.6 is 0 Å². The van der Waals surface area contributed by atoms with Gasteiger partial charge in [-0.15, -0.1) is 0 Å². The number of hydrogen-bond acceptors (Lipinski definition) is 8. The molecular formula is C31H29NO8. The van der Waals surface area contributed by atoms with E-state index < -0.39 is 42.3 Å². The van der Waals surface area contributed by atoms with E-state index in [0.29, 0.717) is 10.9 Å². The molecule has 9 heteroatoms. The molecule has 0 saturated carbocycles. The van der Waals surface area contributed by atoms with Crippen molar-refractivity contribution in [3.05, 3.63) is 108 Å². The fraction of sp³-hybridized carbons (Fsp3) is 0.258. The van der Waals surface area contributed by atoms with Crippen LogP contribution < -0.4 is 0 Å². The van der Waals surface area contributed by atoms with Crippen LogP contribution in [0.4, 0.5) is 4.79 Å². The van der Waals surface area contributed by atoms with Crippen LogP contribution in [0.5, 0.6) is 0 Å². The fourth-order valence-electron chi connectivity index (χ4n) is 5.11. The maximum atomic E-state index is 13.8. The predicted molar refractivity (Wildman–Crippen MR) is 144 cm³/mol. The third-order valence-electron chi connectivity index (χ3n) is 7.05. The second-order valence-corrected chi connectivity index (χ2v) is 9.55. The monoisotopic (exact) mass is 543 g/mol. The molecule has 1 aromatic heterocycles. The molecule has 9 nitrogen and oxygen atoms in total. The Hall–Kier alpha value is -4.47. The third-order valence-corrected chi connectivity index (χ3v) is 7.05. The number of aliphatic hydroxyl groups is 1. The summed E-state index contributed by atoms with van der Waals surface area (Å²) in [7, 11) is 1.17. The zero-order valence-corrected chi connectivity index (χ0v) is 21.9. The van der Waals surface area contributed by atoms with Crippen molar-refractivity contribution in [2.45, 2.75) is 31.8 Å². The van der Waals surface area contributed by atoms with Crippen LogP contribution in [-0.2, 0) is 41.8 Å². The van der Waals surface area contributed by atoms with Gasteiger partial charge in [-0.1, -0.05) is 78.9 Å². The van der Waals surface area contributed by atoms with Gasteiger partial charge in [0.25, 0.3) is 0 Å². The number of nitrogens with zero attached hydrogens (tertiary/aromatic N) is 1. The van der Waals surface area contributed by atoms with E-state index in [1.54, 1.807) is 42.5 Å². The van der Waals surface area contributed by atoms with E-state index in [1.807, 2.05) is 48.5 Å². The van der Waals surface area contributed by atoms with E-state index in [-0.39, 0.29) is 25.3 Å². The number of hydrogen-bond donors (Lipinski definition) is 1. The molecule has 5 rings (SSSR count). The Labute approximate surface area is 230 Å². The topological polar surface area (TPSA) is 113 Å². The second-order valence-electron chi connectivity index (χ2n) is 9.55. The number of rotatable bonds is 8. The van der Waals surface area contributed by atoms with Gasteiger partial charge in [0, 0.05) is 11.8 Å². The summed E-state index contributed by atoms with van der Waals surface area (Å²) in [5, 5.41) is 10.7. The summed E-state index contributed by atoms with van der Waals surface area (Å²) in [6.45, 7) is -0.533. The molecule has 40 heavy (non-hydrogen) atoms. The van der Waals surface area contributed by atoms with Gasteiger partial charge in [-0.3, -0.25) is 9.59 Å². The highest BCUT2D eigenvalue weighted by molar-refractivity contribution is 6.02. The summed E-state index contributed by atoms with van der Waals surface area (Å²) in [5.41, 5.74) is 0.242. The van der Waals surface area contributed by atoms with Crippen LogP contribution in [-0.4, -0.2) is 47.5 Å². The van der Waals surface area contributed by atoms with Crippen LogP contribution in [0.25, 0.3) is 10.9 Å². The molecule has 1 aliphatic heterocycles. The van der Waals surface area contributed by atoms with Gasteiger partial charge < -0.3 is 24.1 Å². The molecule has 3 aromatic carbocycles. The molecule has 0 amide bonds. The zero-order valence-electron chi connectivity index (χ0n) is 21.9. The van der Waals surface area contributed by atoms with Crippen molar-refractivity contribution in [3.63, 3.8) is 0 Å². The van der Waals surface area contributed by atoms with Gasteiger partial charge in [0.15, 0.2) is 5.41 Å². The van der Waals surface area contributed by atoms with Crippen molar-refractivity contribution in [1.82, 2.24) is 4.57 Å². The number of fused-ring (bicyclic) bond motifs is 1. The molecule has 206 valence electrons. The molecular weight excluding hydrogens is 514 g/mol. The molecule has 3 atom stereocenters. The molecule has 1 aliphatic rings. The Kier molecular flexibility index (Phi) is 7.95. The van der Waals surface area contributed by atoms with Crippen LogP contribution in [0.15, 0.2) is 91.0 Å². The minimum atomic E-state index is -1.98. The van der Waals surface area contributed by atoms with Crippen LogP contribution in [0.1, 0.15) is 29.3 Å². The number of ether oxygens (including phenoxy) is 4. The Balaban J connectivity index is 1.56. The molecule has 1 unspecified atom stereocenters. The standard InChI is InChI=1S/C31H29NO8/c1-37-28(34)31(29(35)38-19-21-10-4-2-5-11-21)17-24(18-33)40-27(31)26-16-23-14-8-9-15-25(23)32(26)30(36)39-20-22-12-6-3-7-13-22/h2-16,24,27,33H,17-20H2,1H3/t24-,27-,31?/m1/s1. The number of para-hydroxylation sites is 1. The van der Waals surface area contributed by atoms with Gasteiger partial charge in [-0.25, -0.2) is 9.36 Å². The summed E-state index contributed by atoms with van der Waals surface area (Å²) in [6.07, 6.45) is -3.11. The summed E-state index contributed by atoms with van der Waals surface area (Å²) < 4.78 is 23.8. The van der Waals surface area contributed by atoms with Crippen LogP contribution in [0.2, 0.25) is 0 Å². The lowest BCUT2D eigenvalue weighted by molar-refractivity contribution is -0.177. The molecule has 0 bridgehead atoms. The maximum Gasteiger partial charge on any atom is 0.419 e. The number of esters is 2. The first kappa shape index (κ1) is 27.1. The highest BCUT2D eigenvalue weighted by Crippen LogP contribution is 2.51. The highest BCUT2D eigenvalue weighted by Gasteiger charge is 2.63. The molecule has 1 saturated heterocycles. The number of aromatic nitrogens is 1. The van der Waals surface area contributed by atoms with Crippen molar-refractivity contribution in [2.24, 2.45) is 5.41 Å². The minimum Gasteiger partial charge on any atom is -0.468 e. The number of carbonyl (C=O) groups is 3. The number of benzene rings is 3. The molecule has 0 spiro atoms. The first-order chi connectivity index (χ1) is 19.5. The van der Waals surface area contributed by atoms with E-state index in [0.717, 1.165) is 11.1 Å². The lowest BCUT2D eigenvalue weighted by Gasteiger charge is -2.29. The van der Waals surface area contributed by atoms with Gasteiger partial charge in [0.1, 0.15) is 19.3 Å². The number of methoxy groups -OCH3 is 1. The molecule has 4 aromatic rings. The summed E-state index contributed by atoms with van der Waals surface area (Å²) in [5.74, 6) is -1.76. The average molecular weight is 544 g/mol. The van der Waals surface area contributed by atoms with Crippen LogP contribution in [0, 0.1) is 5.41 Å². The van der Waals surface area contributed by atoms with E-state index in [2.05, 4.69) is 0 Å². The van der Waals surface area contributed by atoms with Crippen molar-refractivity contribution >= 4 is 28.9 Å². The summed E-state index contributed by atoms with van der Waals surface area (Å²) in [6, 6.07) is 27.0. The van der Waals surface area contributed by atoms with Gasteiger partial charge in [-0.2, -0.15) is 0 Å². The number of carbonyl (C=O) groups excluding carboxylic acids is 3. The zero-order chi connectivity index (χ0) is 28.1. The van der Waals surface area contributed by atoms with Gasteiger partial charge in [0.05, 0.1) is 31.0 Å². The average Bonchev–Trinajstić information content (AvgIpc) is 3.59. The molecule has 0 radical (unpaired) electrons. The lowest BCUT2D eigenvalue weighted by Crippen LogP contribution is -2.45.